The van der Waals surface area contributed by atoms with E-state index in [9.17, 15) is 18.0 Å². The van der Waals surface area contributed by atoms with Gasteiger partial charge in [-0.2, -0.15) is 0 Å². The predicted octanol–water partition coefficient (Wildman–Crippen LogP) is 4.78. The number of esters is 1. The summed E-state index contributed by atoms with van der Waals surface area (Å²) in [5.41, 5.74) is 1.16. The van der Waals surface area contributed by atoms with Crippen molar-refractivity contribution < 1.29 is 41.7 Å². The lowest BCUT2D eigenvalue weighted by molar-refractivity contribution is -0.274. The maximum atomic E-state index is 12.9. The number of rotatable bonds is 7. The molecule has 0 bridgehead atoms. The Kier molecular flexibility index (Phi) is 7.65. The highest BCUT2D eigenvalue weighted by atomic mass is 32.1. The van der Waals surface area contributed by atoms with Crippen molar-refractivity contribution in [1.82, 2.24) is 0 Å². The summed E-state index contributed by atoms with van der Waals surface area (Å²) in [4.78, 5) is 12.3. The Balaban J connectivity index is 2.13. The fraction of sp³-hybridized carbons (Fsp3) is 0.364. The zero-order chi connectivity index (χ0) is 24.2. The first-order valence-corrected chi connectivity index (χ1v) is 10.3. The van der Waals surface area contributed by atoms with Crippen LogP contribution in [0.4, 0.5) is 18.9 Å². The Labute approximate surface area is 193 Å². The highest BCUT2D eigenvalue weighted by Gasteiger charge is 2.35. The van der Waals surface area contributed by atoms with Crippen molar-refractivity contribution in [3.8, 4) is 17.2 Å². The number of carbonyl (C=O) groups is 1. The summed E-state index contributed by atoms with van der Waals surface area (Å²) in [6, 6.07) is 8.80. The normalized spacial score (nSPS) is 17.9. The first kappa shape index (κ1) is 24.6. The highest BCUT2D eigenvalue weighted by Crippen LogP contribution is 2.44. The summed E-state index contributed by atoms with van der Waals surface area (Å²) in [5, 5.41) is 2.97. The van der Waals surface area contributed by atoms with E-state index in [0.29, 0.717) is 28.3 Å². The van der Waals surface area contributed by atoms with Gasteiger partial charge in [-0.15, -0.1) is 13.2 Å². The van der Waals surface area contributed by atoms with Gasteiger partial charge in [-0.25, -0.2) is 0 Å². The second-order valence-corrected chi connectivity index (χ2v) is 7.32. The molecule has 0 fully saturated rings. The Morgan fingerprint density at radius 3 is 2.55 bits per heavy atom. The molecule has 0 aliphatic carbocycles. The monoisotopic (exact) mass is 485 g/mol. The van der Waals surface area contributed by atoms with Gasteiger partial charge in [-0.3, -0.25) is 4.79 Å². The van der Waals surface area contributed by atoms with Crippen LogP contribution in [0.3, 0.4) is 0 Å². The lowest BCUT2D eigenvalue weighted by Crippen LogP contribution is -2.31. The lowest BCUT2D eigenvalue weighted by Gasteiger charge is -2.25. The molecule has 33 heavy (non-hydrogen) atoms. The van der Waals surface area contributed by atoms with Gasteiger partial charge in [0.05, 0.1) is 27.2 Å². The molecule has 0 amide bonds. The maximum Gasteiger partial charge on any atom is 0.573 e. The molecule has 3 rings (SSSR count). The van der Waals surface area contributed by atoms with Crippen LogP contribution in [-0.4, -0.2) is 44.3 Å². The molecule has 0 aromatic heterocycles. The van der Waals surface area contributed by atoms with E-state index < -0.39 is 30.3 Å². The number of carbonyl (C=O) groups excluding carboxylic acids is 1. The van der Waals surface area contributed by atoms with Crippen LogP contribution >= 0.6 is 12.2 Å². The van der Waals surface area contributed by atoms with E-state index in [1.807, 2.05) is 0 Å². The molecule has 2 atom stereocenters. The number of methoxy groups -OCH3 is 2. The average Bonchev–Trinajstić information content (AvgIpc) is 2.88. The first-order valence-electron chi connectivity index (χ1n) is 9.89. The van der Waals surface area contributed by atoms with Crippen LogP contribution in [0.2, 0.25) is 0 Å². The minimum atomic E-state index is -4.88. The summed E-state index contributed by atoms with van der Waals surface area (Å²) in [5.74, 6) is -0.256. The van der Waals surface area contributed by atoms with Crippen molar-refractivity contribution in [1.29, 1.82) is 0 Å². The predicted molar refractivity (Wildman–Crippen MR) is 117 cm³/mol. The summed E-state index contributed by atoms with van der Waals surface area (Å²) in [6.45, 7) is 1.85. The van der Waals surface area contributed by atoms with Crippen LogP contribution in [-0.2, 0) is 14.3 Å². The van der Waals surface area contributed by atoms with E-state index in [0.717, 1.165) is 6.07 Å². The molecule has 178 valence electrons. The molecular formula is C22H22F3NO6S. The smallest absolute Gasteiger partial charge is 0.493 e. The van der Waals surface area contributed by atoms with E-state index in [4.69, 9.17) is 31.2 Å². The number of anilines is 1. The Morgan fingerprint density at radius 1 is 1.15 bits per heavy atom. The van der Waals surface area contributed by atoms with Crippen molar-refractivity contribution in [2.75, 3.05) is 26.1 Å². The van der Waals surface area contributed by atoms with Gasteiger partial charge in [0.1, 0.15) is 22.9 Å². The molecule has 1 N–H and O–H groups in total. The standard InChI is InChI=1S/C22H22F3NO6S/c1-4-30-18(27)11-17-21(33)26-15-9-8-12(32-22(23,24)25)10-14(15)19(31-17)13-6-5-7-16(28-2)20(13)29-3/h5-10,17,19H,4,11H2,1-3H3,(H,26,33)/t17-,19-/m1/s1. The average molecular weight is 485 g/mol. The largest absolute Gasteiger partial charge is 0.573 e. The zero-order valence-corrected chi connectivity index (χ0v) is 18.8. The number of hydrogen-bond acceptors (Lipinski definition) is 7. The molecular weight excluding hydrogens is 463 g/mol. The number of ether oxygens (including phenoxy) is 5. The number of halogens is 3. The van der Waals surface area contributed by atoms with Crippen LogP contribution in [0.25, 0.3) is 0 Å². The van der Waals surface area contributed by atoms with Gasteiger partial charge >= 0.3 is 12.3 Å². The van der Waals surface area contributed by atoms with Crippen LogP contribution < -0.4 is 19.5 Å². The second kappa shape index (κ2) is 10.3. The molecule has 0 unspecified atom stereocenters. The minimum Gasteiger partial charge on any atom is -0.493 e. The molecule has 0 spiro atoms. The molecule has 1 aliphatic heterocycles. The van der Waals surface area contributed by atoms with E-state index in [1.165, 1.54) is 26.4 Å². The summed E-state index contributed by atoms with van der Waals surface area (Å²) >= 11 is 5.41. The van der Waals surface area contributed by atoms with Crippen LogP contribution in [0.15, 0.2) is 36.4 Å². The molecule has 0 saturated carbocycles. The maximum absolute atomic E-state index is 12.9. The number of nitrogens with one attached hydrogen (secondary N) is 1. The second-order valence-electron chi connectivity index (χ2n) is 6.88. The van der Waals surface area contributed by atoms with E-state index in [1.54, 1.807) is 25.1 Å². The van der Waals surface area contributed by atoms with Crippen molar-refractivity contribution in [3.63, 3.8) is 0 Å². The SMILES string of the molecule is CCOC(=O)C[C@H]1O[C@H](c2cccc(OC)c2OC)c2cc(OC(F)(F)F)ccc2NC1=S. The molecule has 7 nitrogen and oxygen atoms in total. The fourth-order valence-corrected chi connectivity index (χ4v) is 3.70. The van der Waals surface area contributed by atoms with Crippen molar-refractivity contribution in [2.24, 2.45) is 0 Å². The Hall–Kier alpha value is -3.05. The molecule has 2 aromatic carbocycles. The lowest BCUT2D eigenvalue weighted by atomic mass is 9.98. The van der Waals surface area contributed by atoms with Gasteiger partial charge in [0.25, 0.3) is 0 Å². The summed E-state index contributed by atoms with van der Waals surface area (Å²) in [7, 11) is 2.89. The van der Waals surface area contributed by atoms with E-state index >= 15 is 0 Å². The van der Waals surface area contributed by atoms with Crippen molar-refractivity contribution >= 4 is 28.9 Å². The third-order valence-corrected chi connectivity index (χ3v) is 5.13. The number of alkyl halides is 3. The molecule has 1 aliphatic rings. The quantitative estimate of drug-likeness (QED) is 0.444. The van der Waals surface area contributed by atoms with Gasteiger partial charge in [-0.1, -0.05) is 24.4 Å². The molecule has 1 heterocycles. The van der Waals surface area contributed by atoms with Crippen LogP contribution in [0.1, 0.15) is 30.6 Å². The van der Waals surface area contributed by atoms with Gasteiger partial charge < -0.3 is 29.0 Å². The zero-order valence-electron chi connectivity index (χ0n) is 18.0. The third kappa shape index (κ3) is 5.85. The molecule has 2 aromatic rings. The van der Waals surface area contributed by atoms with Gasteiger partial charge in [0.15, 0.2) is 11.5 Å². The number of thiocarbonyl (C=S) groups is 1. The van der Waals surface area contributed by atoms with Gasteiger partial charge in [-0.05, 0) is 31.2 Å². The number of para-hydroxylation sites is 1. The van der Waals surface area contributed by atoms with Gasteiger partial charge in [0, 0.05) is 16.8 Å². The van der Waals surface area contributed by atoms with Gasteiger partial charge in [0.2, 0.25) is 0 Å². The van der Waals surface area contributed by atoms with Crippen LogP contribution in [0, 0.1) is 0 Å². The molecule has 0 saturated heterocycles. The Bertz CT molecular complexity index is 1030. The first-order chi connectivity index (χ1) is 15.7. The topological polar surface area (TPSA) is 75.3 Å². The van der Waals surface area contributed by atoms with Crippen LogP contribution in [0.5, 0.6) is 17.2 Å². The third-order valence-electron chi connectivity index (χ3n) is 4.76. The fourth-order valence-electron chi connectivity index (χ4n) is 3.45. The van der Waals surface area contributed by atoms with E-state index in [-0.39, 0.29) is 18.0 Å². The number of fused-ring (bicyclic) bond motifs is 1. The Morgan fingerprint density at radius 2 is 1.91 bits per heavy atom. The summed E-state index contributed by atoms with van der Waals surface area (Å²) < 4.78 is 64.7. The summed E-state index contributed by atoms with van der Waals surface area (Å²) in [6.07, 6.45) is -6.96. The van der Waals surface area contributed by atoms with Crippen molar-refractivity contribution in [2.45, 2.75) is 31.9 Å². The highest BCUT2D eigenvalue weighted by molar-refractivity contribution is 7.80. The molecule has 11 heteroatoms. The number of hydrogen-bond donors (Lipinski definition) is 1. The van der Waals surface area contributed by atoms with E-state index in [2.05, 4.69) is 10.1 Å². The molecule has 0 radical (unpaired) electrons. The van der Waals surface area contributed by atoms with Crippen molar-refractivity contribution in [3.05, 3.63) is 47.5 Å². The minimum absolute atomic E-state index is 0.178. The number of benzene rings is 2.